The Morgan fingerprint density at radius 2 is 1.00 bits per heavy atom. The molecule has 2 heterocycles. The first-order chi connectivity index (χ1) is 18.7. The number of hydrazine groups is 2. The molecule has 0 saturated carbocycles. The minimum Gasteiger partial charge on any atom is -0.333 e. The van der Waals surface area contributed by atoms with E-state index >= 15 is 0 Å². The molecule has 0 spiro atoms. The maximum atomic E-state index is 14.1. The van der Waals surface area contributed by atoms with Crippen LogP contribution in [0.4, 0.5) is 8.78 Å². The first-order valence-electron chi connectivity index (χ1n) is 11.9. The number of carbonyl (C=O) groups is 4. The fraction of sp³-hybridized carbons (Fsp3) is 0.143. The lowest BCUT2D eigenvalue weighted by Gasteiger charge is -2.14. The van der Waals surface area contributed by atoms with E-state index in [0.29, 0.717) is 11.4 Å². The molecule has 0 aliphatic rings. The first-order valence-corrected chi connectivity index (χ1v) is 11.9. The van der Waals surface area contributed by atoms with E-state index < -0.39 is 35.0 Å². The standard InChI is InChI=1S/C28H25F2N5O4.BrH/c1-17-11-13-23(27(38)19-7-3-5-9-21(19)29)34(17)15-25(36)31-33-32-26(37)16-35-18(2)12-14-24(35)28(39)20-8-4-6-10-22(20)30;/h3-14,33H,15-16H2,1-2H3,(H,31,36)(H,32,37);1H. The SMILES string of the molecule is Br.Cc1ccc(C(=O)c2ccccc2F)n1CC(=O)NNNC(=O)Cn1c(C)ccc1C(=O)c1ccccc1F. The molecule has 40 heavy (non-hydrogen) atoms. The average Bonchev–Trinajstić information content (AvgIpc) is 3.45. The van der Waals surface area contributed by atoms with Crippen molar-refractivity contribution in [1.29, 1.82) is 0 Å². The summed E-state index contributed by atoms with van der Waals surface area (Å²) in [5.41, 5.74) is 8.16. The molecule has 0 radical (unpaired) electrons. The van der Waals surface area contributed by atoms with Crippen molar-refractivity contribution < 1.29 is 28.0 Å². The van der Waals surface area contributed by atoms with Gasteiger partial charge in [0, 0.05) is 11.4 Å². The van der Waals surface area contributed by atoms with Crippen LogP contribution in [0.5, 0.6) is 0 Å². The third kappa shape index (κ3) is 6.58. The van der Waals surface area contributed by atoms with Crippen LogP contribution in [0, 0.1) is 25.5 Å². The average molecular weight is 614 g/mol. The second-order valence-corrected chi connectivity index (χ2v) is 8.73. The fourth-order valence-electron chi connectivity index (χ4n) is 4.06. The van der Waals surface area contributed by atoms with Crippen molar-refractivity contribution in [2.75, 3.05) is 0 Å². The third-order valence-corrected chi connectivity index (χ3v) is 6.11. The minimum atomic E-state index is -0.668. The Balaban J connectivity index is 0.00000441. The molecular formula is C28H26BrF2N5O4. The highest BCUT2D eigenvalue weighted by molar-refractivity contribution is 8.93. The molecule has 12 heteroatoms. The molecule has 2 aromatic heterocycles. The minimum absolute atomic E-state index is 0. The van der Waals surface area contributed by atoms with Gasteiger partial charge in [-0.05, 0) is 62.4 Å². The molecule has 0 fully saturated rings. The Hall–Kier alpha value is -4.42. The number of hydrogen-bond acceptors (Lipinski definition) is 5. The molecule has 208 valence electrons. The Morgan fingerprint density at radius 1 is 0.625 bits per heavy atom. The summed E-state index contributed by atoms with van der Waals surface area (Å²) in [6, 6.07) is 17.4. The van der Waals surface area contributed by atoms with E-state index in [1.807, 2.05) is 0 Å². The van der Waals surface area contributed by atoms with Gasteiger partial charge in [-0.2, -0.15) is 0 Å². The number of aryl methyl sites for hydroxylation is 2. The molecule has 0 saturated heterocycles. The highest BCUT2D eigenvalue weighted by Gasteiger charge is 2.21. The molecular weight excluding hydrogens is 588 g/mol. The van der Waals surface area contributed by atoms with E-state index in [4.69, 9.17) is 0 Å². The second kappa shape index (κ2) is 13.1. The Kier molecular flexibility index (Phi) is 9.86. The van der Waals surface area contributed by atoms with E-state index in [0.717, 1.165) is 0 Å². The lowest BCUT2D eigenvalue weighted by atomic mass is 10.1. The van der Waals surface area contributed by atoms with E-state index in [2.05, 4.69) is 16.4 Å². The summed E-state index contributed by atoms with van der Waals surface area (Å²) in [5.74, 6) is -3.66. The summed E-state index contributed by atoms with van der Waals surface area (Å²) in [7, 11) is 0. The number of aromatic nitrogens is 2. The van der Waals surface area contributed by atoms with Crippen LogP contribution in [0.15, 0.2) is 72.8 Å². The number of hydrogen-bond donors (Lipinski definition) is 3. The van der Waals surface area contributed by atoms with Crippen molar-refractivity contribution in [3.8, 4) is 0 Å². The van der Waals surface area contributed by atoms with Crippen LogP contribution < -0.4 is 16.4 Å². The van der Waals surface area contributed by atoms with Gasteiger partial charge < -0.3 is 9.13 Å². The monoisotopic (exact) mass is 613 g/mol. The summed E-state index contributed by atoms with van der Waals surface area (Å²) >= 11 is 0. The molecule has 0 unspecified atom stereocenters. The van der Waals surface area contributed by atoms with Crippen LogP contribution in [-0.4, -0.2) is 32.5 Å². The predicted molar refractivity (Wildman–Crippen MR) is 148 cm³/mol. The molecule has 0 aliphatic heterocycles. The van der Waals surface area contributed by atoms with Crippen molar-refractivity contribution in [2.24, 2.45) is 0 Å². The van der Waals surface area contributed by atoms with Gasteiger partial charge in [0.25, 0.3) is 11.8 Å². The second-order valence-electron chi connectivity index (χ2n) is 8.73. The summed E-state index contributed by atoms with van der Waals surface area (Å²) < 4.78 is 31.1. The van der Waals surface area contributed by atoms with Gasteiger partial charge >= 0.3 is 0 Å². The lowest BCUT2D eigenvalue weighted by molar-refractivity contribution is -0.125. The van der Waals surface area contributed by atoms with Crippen LogP contribution >= 0.6 is 17.0 Å². The smallest absolute Gasteiger partial charge is 0.255 e. The number of nitrogens with one attached hydrogen (secondary N) is 3. The molecule has 4 aromatic rings. The van der Waals surface area contributed by atoms with Crippen molar-refractivity contribution in [3.63, 3.8) is 0 Å². The first kappa shape index (κ1) is 30.1. The van der Waals surface area contributed by atoms with Gasteiger partial charge in [0.1, 0.15) is 24.7 Å². The van der Waals surface area contributed by atoms with E-state index in [-0.39, 0.29) is 52.6 Å². The van der Waals surface area contributed by atoms with Gasteiger partial charge in [0.05, 0.1) is 22.5 Å². The van der Waals surface area contributed by atoms with E-state index in [1.54, 1.807) is 38.1 Å². The molecule has 9 nitrogen and oxygen atoms in total. The molecule has 0 bridgehead atoms. The zero-order chi connectivity index (χ0) is 28.1. The quantitative estimate of drug-likeness (QED) is 0.187. The lowest BCUT2D eigenvalue weighted by Crippen LogP contribution is -2.51. The zero-order valence-corrected chi connectivity index (χ0v) is 23.2. The van der Waals surface area contributed by atoms with Crippen molar-refractivity contribution >= 4 is 40.4 Å². The summed E-state index contributed by atoms with van der Waals surface area (Å²) in [4.78, 5) is 50.7. The van der Waals surface area contributed by atoms with Gasteiger partial charge in [0.2, 0.25) is 11.6 Å². The third-order valence-electron chi connectivity index (χ3n) is 6.11. The highest BCUT2D eigenvalue weighted by atomic mass is 79.9. The molecule has 3 N–H and O–H groups in total. The normalized spacial score (nSPS) is 10.5. The number of carbonyl (C=O) groups excluding carboxylic acids is 4. The maximum Gasteiger partial charge on any atom is 0.255 e. The van der Waals surface area contributed by atoms with Crippen LogP contribution in [0.1, 0.15) is 43.5 Å². The van der Waals surface area contributed by atoms with Crippen LogP contribution in [-0.2, 0) is 22.7 Å². The largest absolute Gasteiger partial charge is 0.333 e. The molecule has 0 atom stereocenters. The number of amides is 2. The predicted octanol–water partition coefficient (Wildman–Crippen LogP) is 3.58. The van der Waals surface area contributed by atoms with Crippen LogP contribution in [0.25, 0.3) is 0 Å². The number of ketones is 2. The number of benzene rings is 2. The maximum absolute atomic E-state index is 14.1. The zero-order valence-electron chi connectivity index (χ0n) is 21.5. The molecule has 0 aliphatic carbocycles. The fourth-order valence-corrected chi connectivity index (χ4v) is 4.06. The van der Waals surface area contributed by atoms with Crippen molar-refractivity contribution in [2.45, 2.75) is 26.9 Å². The van der Waals surface area contributed by atoms with Crippen molar-refractivity contribution in [3.05, 3.63) is 118 Å². The summed E-state index contributed by atoms with van der Waals surface area (Å²) in [6.07, 6.45) is 0. The number of rotatable bonds is 10. The van der Waals surface area contributed by atoms with Gasteiger partial charge in [-0.1, -0.05) is 24.3 Å². The molecule has 2 aromatic carbocycles. The molecule has 4 rings (SSSR count). The van der Waals surface area contributed by atoms with Gasteiger partial charge in [0.15, 0.2) is 0 Å². The van der Waals surface area contributed by atoms with E-state index in [1.165, 1.54) is 57.7 Å². The van der Waals surface area contributed by atoms with Gasteiger partial charge in [-0.25, -0.2) is 8.78 Å². The Bertz CT molecular complexity index is 1460. The van der Waals surface area contributed by atoms with Gasteiger partial charge in [-0.3, -0.25) is 30.0 Å². The number of halogens is 3. The van der Waals surface area contributed by atoms with Crippen LogP contribution in [0.3, 0.4) is 0 Å². The number of nitrogens with zero attached hydrogens (tertiary/aromatic N) is 2. The van der Waals surface area contributed by atoms with Crippen LogP contribution in [0.2, 0.25) is 0 Å². The van der Waals surface area contributed by atoms with Crippen molar-refractivity contribution in [1.82, 2.24) is 25.5 Å². The molecule has 2 amide bonds. The van der Waals surface area contributed by atoms with E-state index in [9.17, 15) is 28.0 Å². The highest BCUT2D eigenvalue weighted by Crippen LogP contribution is 2.18. The van der Waals surface area contributed by atoms with Gasteiger partial charge in [-0.15, -0.1) is 22.5 Å². The Labute approximate surface area is 238 Å². The topological polar surface area (TPSA) is 114 Å². The Morgan fingerprint density at radius 3 is 1.38 bits per heavy atom. The summed E-state index contributed by atoms with van der Waals surface area (Å²) in [6.45, 7) is 2.82. The summed E-state index contributed by atoms with van der Waals surface area (Å²) in [5, 5.41) is 0.